The van der Waals surface area contributed by atoms with Gasteiger partial charge in [-0.25, -0.2) is 0 Å². The number of nitrogens with one attached hydrogen (secondary N) is 1. The molecule has 1 aliphatic rings. The molecule has 1 N–H and O–H groups in total. The van der Waals surface area contributed by atoms with Gasteiger partial charge in [0.25, 0.3) is 5.91 Å². The Morgan fingerprint density at radius 2 is 2.57 bits per heavy atom. The average molecular weight is 95.1 g/mol. The van der Waals surface area contributed by atoms with E-state index in [0.29, 0.717) is 5.57 Å². The number of rotatable bonds is 1. The van der Waals surface area contributed by atoms with Gasteiger partial charge in [0.05, 0.1) is 5.57 Å². The third kappa shape index (κ3) is 0.435. The van der Waals surface area contributed by atoms with Gasteiger partial charge < -0.3 is 5.32 Å². The van der Waals surface area contributed by atoms with Crippen molar-refractivity contribution in [2.75, 3.05) is 0 Å². The molecule has 0 aromatic heterocycles. The molecule has 0 saturated carbocycles. The van der Waals surface area contributed by atoms with E-state index < -0.39 is 0 Å². The Morgan fingerprint density at radius 1 is 1.86 bits per heavy atom. The van der Waals surface area contributed by atoms with Gasteiger partial charge in [-0.1, -0.05) is 12.7 Å². The molecule has 2 nitrogen and oxygen atoms in total. The van der Waals surface area contributed by atoms with Gasteiger partial charge in [0, 0.05) is 6.20 Å². The lowest BCUT2D eigenvalue weighted by molar-refractivity contribution is -0.117. The summed E-state index contributed by atoms with van der Waals surface area (Å²) in [4.78, 5) is 10.2. The summed E-state index contributed by atoms with van der Waals surface area (Å²) < 4.78 is 0. The molecule has 1 amide bonds. The minimum Gasteiger partial charge on any atom is -0.328 e. The van der Waals surface area contributed by atoms with Crippen LogP contribution in [0.2, 0.25) is 0 Å². The molecule has 2 heteroatoms. The van der Waals surface area contributed by atoms with Crippen LogP contribution in [0.4, 0.5) is 0 Å². The first-order chi connectivity index (χ1) is 3.34. The fraction of sp³-hybridized carbons (Fsp3) is 0. The first kappa shape index (κ1) is 4.12. The van der Waals surface area contributed by atoms with Crippen molar-refractivity contribution in [3.05, 3.63) is 24.4 Å². The van der Waals surface area contributed by atoms with Crippen LogP contribution in [0.15, 0.2) is 24.4 Å². The van der Waals surface area contributed by atoms with Gasteiger partial charge in [-0.05, 0) is 0 Å². The van der Waals surface area contributed by atoms with E-state index in [9.17, 15) is 4.79 Å². The average Bonchev–Trinajstić information content (AvgIpc) is 1.65. The lowest BCUT2D eigenvalue weighted by Gasteiger charge is -2.08. The smallest absolute Gasteiger partial charge is 0.256 e. The SMILES string of the molecule is C=CC1=CNC1=O. The summed E-state index contributed by atoms with van der Waals surface area (Å²) in [6.45, 7) is 3.40. The van der Waals surface area contributed by atoms with Gasteiger partial charge in [-0.3, -0.25) is 4.79 Å². The summed E-state index contributed by atoms with van der Waals surface area (Å²) in [5, 5.41) is 2.44. The highest BCUT2D eigenvalue weighted by molar-refractivity contribution is 6.02. The number of hydrogen-bond acceptors (Lipinski definition) is 1. The Kier molecular flexibility index (Phi) is 0.719. The zero-order chi connectivity index (χ0) is 5.28. The molecule has 1 rings (SSSR count). The highest BCUT2D eigenvalue weighted by Gasteiger charge is 2.10. The van der Waals surface area contributed by atoms with E-state index in [2.05, 4.69) is 11.9 Å². The second kappa shape index (κ2) is 1.22. The molecule has 0 bridgehead atoms. The van der Waals surface area contributed by atoms with Crippen molar-refractivity contribution in [2.45, 2.75) is 0 Å². The molecule has 0 spiro atoms. The lowest BCUT2D eigenvalue weighted by atomic mass is 10.2. The highest BCUT2D eigenvalue weighted by Crippen LogP contribution is 2.00. The summed E-state index contributed by atoms with van der Waals surface area (Å²) in [6, 6.07) is 0. The maximum atomic E-state index is 10.2. The summed E-state index contributed by atoms with van der Waals surface area (Å²) in [5.41, 5.74) is 0.667. The lowest BCUT2D eigenvalue weighted by Crippen LogP contribution is -2.28. The first-order valence-electron chi connectivity index (χ1n) is 1.98. The number of hydrogen-bond donors (Lipinski definition) is 1. The van der Waals surface area contributed by atoms with E-state index in [1.807, 2.05) is 0 Å². The molecular weight excluding hydrogens is 90.1 g/mol. The van der Waals surface area contributed by atoms with Crippen LogP contribution in [0.1, 0.15) is 0 Å². The molecular formula is C5H5NO. The van der Waals surface area contributed by atoms with E-state index in [1.165, 1.54) is 6.08 Å². The van der Waals surface area contributed by atoms with E-state index in [-0.39, 0.29) is 5.91 Å². The monoisotopic (exact) mass is 95.0 g/mol. The zero-order valence-electron chi connectivity index (χ0n) is 3.77. The van der Waals surface area contributed by atoms with Crippen LogP contribution in [0, 0.1) is 0 Å². The van der Waals surface area contributed by atoms with Crippen LogP contribution >= 0.6 is 0 Å². The minimum absolute atomic E-state index is 0.0324. The highest BCUT2D eigenvalue weighted by atomic mass is 16.2. The summed E-state index contributed by atoms with van der Waals surface area (Å²) in [5.74, 6) is -0.0324. The topological polar surface area (TPSA) is 29.1 Å². The Balaban J connectivity index is 2.74. The van der Waals surface area contributed by atoms with Crippen molar-refractivity contribution in [2.24, 2.45) is 0 Å². The standard InChI is InChI=1S/C5H5NO/c1-2-4-3-6-5(4)7/h2-3H,1H2,(H,6,7). The van der Waals surface area contributed by atoms with Gasteiger partial charge in [0.15, 0.2) is 0 Å². The molecule has 7 heavy (non-hydrogen) atoms. The minimum atomic E-state index is -0.0324. The molecule has 1 heterocycles. The third-order valence-corrected chi connectivity index (χ3v) is 0.841. The molecule has 0 aliphatic carbocycles. The van der Waals surface area contributed by atoms with Crippen molar-refractivity contribution in [1.29, 1.82) is 0 Å². The number of carbonyl (C=O) groups excluding carboxylic acids is 1. The summed E-state index contributed by atoms with van der Waals surface area (Å²) >= 11 is 0. The summed E-state index contributed by atoms with van der Waals surface area (Å²) in [7, 11) is 0. The van der Waals surface area contributed by atoms with Gasteiger partial charge in [0.2, 0.25) is 0 Å². The fourth-order valence-corrected chi connectivity index (χ4v) is 0.366. The maximum Gasteiger partial charge on any atom is 0.256 e. The quantitative estimate of drug-likeness (QED) is 0.494. The molecule has 1 aliphatic heterocycles. The van der Waals surface area contributed by atoms with Gasteiger partial charge >= 0.3 is 0 Å². The van der Waals surface area contributed by atoms with Crippen LogP contribution in [-0.4, -0.2) is 5.91 Å². The first-order valence-corrected chi connectivity index (χ1v) is 1.98. The van der Waals surface area contributed by atoms with Crippen LogP contribution in [-0.2, 0) is 4.79 Å². The van der Waals surface area contributed by atoms with E-state index >= 15 is 0 Å². The second-order valence-electron chi connectivity index (χ2n) is 1.28. The van der Waals surface area contributed by atoms with Crippen molar-refractivity contribution < 1.29 is 4.79 Å². The van der Waals surface area contributed by atoms with Crippen molar-refractivity contribution >= 4 is 5.91 Å². The molecule has 0 atom stereocenters. The maximum absolute atomic E-state index is 10.2. The van der Waals surface area contributed by atoms with Crippen LogP contribution in [0.3, 0.4) is 0 Å². The molecule has 0 fully saturated rings. The van der Waals surface area contributed by atoms with E-state index in [4.69, 9.17) is 0 Å². The molecule has 0 radical (unpaired) electrons. The van der Waals surface area contributed by atoms with Crippen LogP contribution < -0.4 is 5.32 Å². The summed E-state index contributed by atoms with van der Waals surface area (Å²) in [6.07, 6.45) is 3.15. The van der Waals surface area contributed by atoms with Gasteiger partial charge in [-0.15, -0.1) is 0 Å². The van der Waals surface area contributed by atoms with E-state index in [0.717, 1.165) is 0 Å². The predicted molar refractivity (Wildman–Crippen MR) is 26.4 cm³/mol. The fourth-order valence-electron chi connectivity index (χ4n) is 0.366. The Hall–Kier alpha value is -1.05. The van der Waals surface area contributed by atoms with Crippen molar-refractivity contribution in [3.63, 3.8) is 0 Å². The number of carbonyl (C=O) groups is 1. The predicted octanol–water partition coefficient (Wildman–Crippen LogP) is 0.186. The molecule has 36 valence electrons. The molecule has 0 aromatic carbocycles. The van der Waals surface area contributed by atoms with E-state index in [1.54, 1.807) is 6.20 Å². The number of amides is 1. The van der Waals surface area contributed by atoms with Gasteiger partial charge in [0.1, 0.15) is 0 Å². The van der Waals surface area contributed by atoms with Crippen LogP contribution in [0.5, 0.6) is 0 Å². The normalized spacial score (nSPS) is 16.6. The largest absolute Gasteiger partial charge is 0.328 e. The Morgan fingerprint density at radius 3 is 2.57 bits per heavy atom. The third-order valence-electron chi connectivity index (χ3n) is 0.841. The molecule has 0 unspecified atom stereocenters. The Bertz CT molecular complexity index is 146. The second-order valence-corrected chi connectivity index (χ2v) is 1.28. The van der Waals surface area contributed by atoms with Gasteiger partial charge in [-0.2, -0.15) is 0 Å². The zero-order valence-corrected chi connectivity index (χ0v) is 3.77. The molecule has 0 aromatic rings. The van der Waals surface area contributed by atoms with Crippen LogP contribution in [0.25, 0.3) is 0 Å². The molecule has 0 saturated heterocycles. The Labute approximate surface area is 41.5 Å². The van der Waals surface area contributed by atoms with Crippen molar-refractivity contribution in [1.82, 2.24) is 5.32 Å². The van der Waals surface area contributed by atoms with Crippen molar-refractivity contribution in [3.8, 4) is 0 Å².